The van der Waals surface area contributed by atoms with E-state index in [1.807, 2.05) is 24.3 Å². The van der Waals surface area contributed by atoms with E-state index in [1.165, 1.54) is 5.56 Å². The summed E-state index contributed by atoms with van der Waals surface area (Å²) in [5.41, 5.74) is 2.01. The number of hydrogen-bond acceptors (Lipinski definition) is 2. The van der Waals surface area contributed by atoms with Crippen molar-refractivity contribution in [3.05, 3.63) is 29.8 Å². The molecule has 2 rings (SSSR count). The highest BCUT2D eigenvalue weighted by atomic mass is 16.4. The quantitative estimate of drug-likeness (QED) is 0.880. The van der Waals surface area contributed by atoms with E-state index in [9.17, 15) is 9.59 Å². The largest absolute Gasteiger partial charge is 0.481 e. The highest BCUT2D eigenvalue weighted by Gasteiger charge is 2.30. The Morgan fingerprint density at radius 1 is 1.24 bits per heavy atom. The molecule has 2 N–H and O–H groups in total. The molecule has 21 heavy (non-hydrogen) atoms. The summed E-state index contributed by atoms with van der Waals surface area (Å²) in [5, 5.41) is 11.8. The number of carbonyl (C=O) groups excluding carboxylic acids is 1. The van der Waals surface area contributed by atoms with Crippen LogP contribution in [0.4, 0.5) is 10.5 Å². The predicted octanol–water partition coefficient (Wildman–Crippen LogP) is 2.92. The SMILES string of the molecule is CC(C)(C)c1ccc(NC(=O)N2CCC(C(=O)O)C2)cc1. The second kappa shape index (κ2) is 5.76. The predicted molar refractivity (Wildman–Crippen MR) is 81.5 cm³/mol. The number of carbonyl (C=O) groups is 2. The molecule has 0 radical (unpaired) electrons. The van der Waals surface area contributed by atoms with Gasteiger partial charge in [-0.05, 0) is 29.5 Å². The molecule has 0 aliphatic carbocycles. The molecule has 5 nitrogen and oxygen atoms in total. The molecular formula is C16H22N2O3. The van der Waals surface area contributed by atoms with E-state index < -0.39 is 11.9 Å². The molecule has 1 atom stereocenters. The van der Waals surface area contributed by atoms with Crippen LogP contribution in [0.5, 0.6) is 0 Å². The second-order valence-corrected chi connectivity index (χ2v) is 6.53. The first kappa shape index (κ1) is 15.4. The monoisotopic (exact) mass is 290 g/mol. The van der Waals surface area contributed by atoms with Crippen molar-refractivity contribution in [1.82, 2.24) is 4.90 Å². The zero-order valence-electron chi connectivity index (χ0n) is 12.7. The maximum absolute atomic E-state index is 12.1. The fraction of sp³-hybridized carbons (Fsp3) is 0.500. The van der Waals surface area contributed by atoms with Crippen LogP contribution >= 0.6 is 0 Å². The topological polar surface area (TPSA) is 69.6 Å². The van der Waals surface area contributed by atoms with Crippen molar-refractivity contribution >= 4 is 17.7 Å². The Kier molecular flexibility index (Phi) is 4.21. The van der Waals surface area contributed by atoms with Gasteiger partial charge in [0.05, 0.1) is 5.92 Å². The lowest BCUT2D eigenvalue weighted by molar-refractivity contribution is -0.141. The van der Waals surface area contributed by atoms with Crippen molar-refractivity contribution < 1.29 is 14.7 Å². The van der Waals surface area contributed by atoms with Crippen LogP contribution < -0.4 is 5.32 Å². The number of anilines is 1. The minimum atomic E-state index is -0.833. The summed E-state index contributed by atoms with van der Waals surface area (Å²) in [7, 11) is 0. The first-order valence-corrected chi connectivity index (χ1v) is 7.16. The molecule has 0 aromatic heterocycles. The summed E-state index contributed by atoms with van der Waals surface area (Å²) in [6.45, 7) is 7.18. The number of aliphatic carboxylic acids is 1. The zero-order chi connectivity index (χ0) is 15.6. The number of nitrogens with zero attached hydrogens (tertiary/aromatic N) is 1. The Morgan fingerprint density at radius 2 is 1.86 bits per heavy atom. The summed E-state index contributed by atoms with van der Waals surface area (Å²) in [6, 6.07) is 7.52. The lowest BCUT2D eigenvalue weighted by Crippen LogP contribution is -2.33. The number of nitrogens with one attached hydrogen (secondary N) is 1. The molecule has 114 valence electrons. The van der Waals surface area contributed by atoms with Gasteiger partial charge in [-0.25, -0.2) is 4.79 Å². The molecule has 1 aliphatic heterocycles. The van der Waals surface area contributed by atoms with Crippen molar-refractivity contribution in [2.24, 2.45) is 5.92 Å². The van der Waals surface area contributed by atoms with Gasteiger partial charge < -0.3 is 15.3 Å². The number of rotatable bonds is 2. The minimum absolute atomic E-state index is 0.0756. The van der Waals surface area contributed by atoms with E-state index >= 15 is 0 Å². The van der Waals surface area contributed by atoms with Crippen LogP contribution in [-0.4, -0.2) is 35.1 Å². The number of carboxylic acid groups (broad SMARTS) is 1. The van der Waals surface area contributed by atoms with Crippen LogP contribution in [0.3, 0.4) is 0 Å². The lowest BCUT2D eigenvalue weighted by Gasteiger charge is -2.20. The summed E-state index contributed by atoms with van der Waals surface area (Å²) in [4.78, 5) is 24.5. The Bertz CT molecular complexity index is 531. The normalized spacial score (nSPS) is 18.6. The Labute approximate surface area is 125 Å². The second-order valence-electron chi connectivity index (χ2n) is 6.53. The molecule has 0 spiro atoms. The highest BCUT2D eigenvalue weighted by molar-refractivity contribution is 5.90. The Hall–Kier alpha value is -2.04. The number of hydrogen-bond donors (Lipinski definition) is 2. The molecule has 0 saturated carbocycles. The molecule has 2 amide bonds. The van der Waals surface area contributed by atoms with E-state index in [-0.39, 0.29) is 18.0 Å². The molecular weight excluding hydrogens is 268 g/mol. The average Bonchev–Trinajstić information content (AvgIpc) is 2.88. The van der Waals surface area contributed by atoms with Crippen LogP contribution in [-0.2, 0) is 10.2 Å². The number of likely N-dealkylation sites (tertiary alicyclic amines) is 1. The van der Waals surface area contributed by atoms with Crippen molar-refractivity contribution in [3.8, 4) is 0 Å². The van der Waals surface area contributed by atoms with Crippen molar-refractivity contribution in [2.75, 3.05) is 18.4 Å². The van der Waals surface area contributed by atoms with Gasteiger partial charge in [0.25, 0.3) is 0 Å². The third-order valence-electron chi connectivity index (χ3n) is 3.83. The van der Waals surface area contributed by atoms with Crippen molar-refractivity contribution in [1.29, 1.82) is 0 Å². The van der Waals surface area contributed by atoms with E-state index in [2.05, 4.69) is 26.1 Å². The lowest BCUT2D eigenvalue weighted by atomic mass is 9.87. The van der Waals surface area contributed by atoms with Gasteiger partial charge in [-0.2, -0.15) is 0 Å². The zero-order valence-corrected chi connectivity index (χ0v) is 12.7. The molecule has 1 unspecified atom stereocenters. The summed E-state index contributed by atoms with van der Waals surface area (Å²) >= 11 is 0. The first-order valence-electron chi connectivity index (χ1n) is 7.16. The molecule has 1 aliphatic rings. The van der Waals surface area contributed by atoms with Gasteiger partial charge in [0, 0.05) is 18.8 Å². The smallest absolute Gasteiger partial charge is 0.321 e. The standard InChI is InChI=1S/C16H22N2O3/c1-16(2,3)12-4-6-13(7-5-12)17-15(21)18-9-8-11(10-18)14(19)20/h4-7,11H,8-10H2,1-3H3,(H,17,21)(H,19,20). The van der Waals surface area contributed by atoms with Gasteiger partial charge in [0.2, 0.25) is 0 Å². The van der Waals surface area contributed by atoms with Crippen LogP contribution in [0, 0.1) is 5.92 Å². The van der Waals surface area contributed by atoms with Crippen LogP contribution in [0.25, 0.3) is 0 Å². The van der Waals surface area contributed by atoms with E-state index in [0.717, 1.165) is 5.69 Å². The van der Waals surface area contributed by atoms with Crippen molar-refractivity contribution in [3.63, 3.8) is 0 Å². The number of benzene rings is 1. The number of carboxylic acids is 1. The maximum Gasteiger partial charge on any atom is 0.321 e. The summed E-state index contributed by atoms with van der Waals surface area (Å²) in [6.07, 6.45) is 0.520. The van der Waals surface area contributed by atoms with Crippen LogP contribution in [0.1, 0.15) is 32.8 Å². The summed E-state index contributed by atoms with van der Waals surface area (Å²) < 4.78 is 0. The van der Waals surface area contributed by atoms with E-state index in [4.69, 9.17) is 5.11 Å². The Morgan fingerprint density at radius 3 is 2.33 bits per heavy atom. The van der Waals surface area contributed by atoms with Crippen LogP contribution in [0.2, 0.25) is 0 Å². The first-order chi connectivity index (χ1) is 9.77. The minimum Gasteiger partial charge on any atom is -0.481 e. The van der Waals surface area contributed by atoms with Crippen molar-refractivity contribution in [2.45, 2.75) is 32.6 Å². The molecule has 1 heterocycles. The van der Waals surface area contributed by atoms with E-state index in [1.54, 1.807) is 4.90 Å². The number of amides is 2. The van der Waals surface area contributed by atoms with Gasteiger partial charge >= 0.3 is 12.0 Å². The molecule has 5 heteroatoms. The van der Waals surface area contributed by atoms with Gasteiger partial charge in [0.15, 0.2) is 0 Å². The average molecular weight is 290 g/mol. The maximum atomic E-state index is 12.1. The third-order valence-corrected chi connectivity index (χ3v) is 3.83. The van der Waals surface area contributed by atoms with E-state index in [0.29, 0.717) is 13.0 Å². The molecule has 1 aromatic rings. The fourth-order valence-corrected chi connectivity index (χ4v) is 2.40. The van der Waals surface area contributed by atoms with Gasteiger partial charge in [-0.15, -0.1) is 0 Å². The molecule has 1 aromatic carbocycles. The van der Waals surface area contributed by atoms with Gasteiger partial charge in [-0.1, -0.05) is 32.9 Å². The summed E-state index contributed by atoms with van der Waals surface area (Å²) in [5.74, 6) is -1.28. The molecule has 1 saturated heterocycles. The van der Waals surface area contributed by atoms with Gasteiger partial charge in [-0.3, -0.25) is 4.79 Å². The highest BCUT2D eigenvalue weighted by Crippen LogP contribution is 2.24. The third kappa shape index (κ3) is 3.74. The van der Waals surface area contributed by atoms with Crippen LogP contribution in [0.15, 0.2) is 24.3 Å². The van der Waals surface area contributed by atoms with Gasteiger partial charge in [0.1, 0.15) is 0 Å². The molecule has 1 fully saturated rings. The number of urea groups is 1. The fourth-order valence-electron chi connectivity index (χ4n) is 2.40. The molecule has 0 bridgehead atoms. The Balaban J connectivity index is 1.96.